The molecule has 1 amide bonds. The van der Waals surface area contributed by atoms with Crippen molar-refractivity contribution in [3.05, 3.63) is 64.7 Å². The molecule has 0 saturated carbocycles. The molecule has 0 aliphatic carbocycles. The number of methoxy groups -OCH3 is 1. The fourth-order valence-corrected chi connectivity index (χ4v) is 2.09. The Labute approximate surface area is 136 Å². The van der Waals surface area contributed by atoms with Crippen molar-refractivity contribution in [2.75, 3.05) is 12.4 Å². The number of ether oxygens (including phenoxy) is 1. The average Bonchev–Trinajstić information content (AvgIpc) is 2.54. The molecular weight excluding hydrogens is 288 g/mol. The molecule has 0 bridgehead atoms. The van der Waals surface area contributed by atoms with Crippen molar-refractivity contribution in [2.45, 2.75) is 13.8 Å². The molecule has 4 nitrogen and oxygen atoms in total. The normalized spacial score (nSPS) is 10.8. The third-order valence-electron chi connectivity index (χ3n) is 3.36. The van der Waals surface area contributed by atoms with Crippen LogP contribution in [-0.2, 0) is 4.79 Å². The van der Waals surface area contributed by atoms with Crippen LogP contribution in [0, 0.1) is 25.2 Å². The molecule has 0 fully saturated rings. The lowest BCUT2D eigenvalue weighted by atomic mass is 10.1. The summed E-state index contributed by atoms with van der Waals surface area (Å²) in [5.41, 5.74) is 3.50. The SMILES string of the molecule is COc1ccc(C)cc1NC(=O)/C(C#N)=C/c1ccc(C)cc1. The molecule has 0 aliphatic heterocycles. The molecule has 2 rings (SSSR count). The molecule has 2 aromatic carbocycles. The molecule has 4 heteroatoms. The minimum Gasteiger partial charge on any atom is -0.495 e. The molecule has 0 heterocycles. The number of anilines is 1. The van der Waals surface area contributed by atoms with Crippen molar-refractivity contribution in [3.63, 3.8) is 0 Å². The van der Waals surface area contributed by atoms with Crippen molar-refractivity contribution < 1.29 is 9.53 Å². The monoisotopic (exact) mass is 306 g/mol. The van der Waals surface area contributed by atoms with Crippen molar-refractivity contribution in [3.8, 4) is 11.8 Å². The number of hydrogen-bond acceptors (Lipinski definition) is 3. The van der Waals surface area contributed by atoms with Crippen LogP contribution in [0.15, 0.2) is 48.0 Å². The summed E-state index contributed by atoms with van der Waals surface area (Å²) in [7, 11) is 1.54. The Balaban J connectivity index is 2.26. The predicted octanol–water partition coefficient (Wildman–Crippen LogP) is 3.86. The highest BCUT2D eigenvalue weighted by Gasteiger charge is 2.12. The Morgan fingerprint density at radius 3 is 2.39 bits per heavy atom. The highest BCUT2D eigenvalue weighted by atomic mass is 16.5. The van der Waals surface area contributed by atoms with E-state index in [9.17, 15) is 10.1 Å². The number of hydrogen-bond donors (Lipinski definition) is 1. The smallest absolute Gasteiger partial charge is 0.266 e. The first-order valence-corrected chi connectivity index (χ1v) is 7.18. The number of aryl methyl sites for hydroxylation is 2. The number of carbonyl (C=O) groups excluding carboxylic acids is 1. The van der Waals surface area contributed by atoms with Gasteiger partial charge < -0.3 is 10.1 Å². The van der Waals surface area contributed by atoms with Gasteiger partial charge in [-0.15, -0.1) is 0 Å². The molecule has 2 aromatic rings. The van der Waals surface area contributed by atoms with E-state index in [0.717, 1.165) is 16.7 Å². The van der Waals surface area contributed by atoms with Gasteiger partial charge in [-0.3, -0.25) is 4.79 Å². The fourth-order valence-electron chi connectivity index (χ4n) is 2.09. The number of nitrogens with zero attached hydrogens (tertiary/aromatic N) is 1. The first-order valence-electron chi connectivity index (χ1n) is 7.18. The second-order valence-electron chi connectivity index (χ2n) is 5.24. The number of nitrogens with one attached hydrogen (secondary N) is 1. The van der Waals surface area contributed by atoms with Gasteiger partial charge in [0.2, 0.25) is 0 Å². The molecular formula is C19H18N2O2. The second kappa shape index (κ2) is 7.28. The zero-order valence-corrected chi connectivity index (χ0v) is 13.4. The summed E-state index contributed by atoms with van der Waals surface area (Å²) in [5, 5.41) is 12.0. The van der Waals surface area contributed by atoms with Crippen LogP contribution in [0.25, 0.3) is 6.08 Å². The minimum absolute atomic E-state index is 0.0393. The van der Waals surface area contributed by atoms with Crippen LogP contribution in [0.2, 0.25) is 0 Å². The van der Waals surface area contributed by atoms with Crippen molar-refractivity contribution >= 4 is 17.7 Å². The van der Waals surface area contributed by atoms with E-state index < -0.39 is 5.91 Å². The Hall–Kier alpha value is -3.06. The van der Waals surface area contributed by atoms with Crippen molar-refractivity contribution in [2.24, 2.45) is 0 Å². The van der Waals surface area contributed by atoms with E-state index in [1.807, 2.05) is 50.2 Å². The molecule has 0 unspecified atom stereocenters. The number of carbonyl (C=O) groups is 1. The number of benzene rings is 2. The zero-order valence-electron chi connectivity index (χ0n) is 13.4. The van der Waals surface area contributed by atoms with Crippen LogP contribution in [0.4, 0.5) is 5.69 Å². The van der Waals surface area contributed by atoms with Crippen molar-refractivity contribution in [1.29, 1.82) is 5.26 Å². The van der Waals surface area contributed by atoms with Crippen LogP contribution in [-0.4, -0.2) is 13.0 Å². The van der Waals surface area contributed by atoms with Crippen LogP contribution >= 0.6 is 0 Å². The van der Waals surface area contributed by atoms with Gasteiger partial charge >= 0.3 is 0 Å². The lowest BCUT2D eigenvalue weighted by Gasteiger charge is -2.10. The van der Waals surface area contributed by atoms with Gasteiger partial charge in [-0.25, -0.2) is 0 Å². The summed E-state index contributed by atoms with van der Waals surface area (Å²) >= 11 is 0. The number of nitriles is 1. The summed E-state index contributed by atoms with van der Waals surface area (Å²) in [5.74, 6) is 0.0913. The standard InChI is InChI=1S/C19H18N2O2/c1-13-4-7-15(8-5-13)11-16(12-20)19(22)21-17-10-14(2)6-9-18(17)23-3/h4-11H,1-3H3,(H,21,22)/b16-11+. The van der Waals surface area contributed by atoms with Gasteiger partial charge in [0.25, 0.3) is 5.91 Å². The van der Waals surface area contributed by atoms with Gasteiger partial charge in [0.05, 0.1) is 12.8 Å². The molecule has 0 aliphatic rings. The third kappa shape index (κ3) is 4.21. The Kier molecular flexibility index (Phi) is 5.16. The van der Waals surface area contributed by atoms with Gasteiger partial charge in [-0.1, -0.05) is 35.9 Å². The highest BCUT2D eigenvalue weighted by molar-refractivity contribution is 6.10. The first-order chi connectivity index (χ1) is 11.0. The summed E-state index contributed by atoms with van der Waals surface area (Å²) in [6.45, 7) is 3.90. The summed E-state index contributed by atoms with van der Waals surface area (Å²) in [6, 6.07) is 15.0. The van der Waals surface area contributed by atoms with Gasteiger partial charge in [0.15, 0.2) is 0 Å². The fraction of sp³-hybridized carbons (Fsp3) is 0.158. The van der Waals surface area contributed by atoms with E-state index in [1.165, 1.54) is 7.11 Å². The van der Waals surface area contributed by atoms with Gasteiger partial charge in [0.1, 0.15) is 17.4 Å². The van der Waals surface area contributed by atoms with Crippen LogP contribution in [0.1, 0.15) is 16.7 Å². The molecule has 0 aromatic heterocycles. The first kappa shape index (κ1) is 16.3. The Morgan fingerprint density at radius 2 is 1.78 bits per heavy atom. The molecule has 0 saturated heterocycles. The van der Waals surface area contributed by atoms with E-state index in [-0.39, 0.29) is 5.57 Å². The Bertz CT molecular complexity index is 784. The lowest BCUT2D eigenvalue weighted by molar-refractivity contribution is -0.112. The van der Waals surface area contributed by atoms with Crippen LogP contribution in [0.3, 0.4) is 0 Å². The summed E-state index contributed by atoms with van der Waals surface area (Å²) in [4.78, 5) is 12.3. The summed E-state index contributed by atoms with van der Waals surface area (Å²) < 4.78 is 5.23. The lowest BCUT2D eigenvalue weighted by Crippen LogP contribution is -2.14. The van der Waals surface area contributed by atoms with Gasteiger partial charge in [-0.05, 0) is 43.2 Å². The number of rotatable bonds is 4. The topological polar surface area (TPSA) is 62.1 Å². The maximum absolute atomic E-state index is 12.3. The van der Waals surface area contributed by atoms with E-state index in [0.29, 0.717) is 11.4 Å². The van der Waals surface area contributed by atoms with Gasteiger partial charge in [0, 0.05) is 0 Å². The zero-order chi connectivity index (χ0) is 16.8. The average molecular weight is 306 g/mol. The van der Waals surface area contributed by atoms with E-state index in [4.69, 9.17) is 4.74 Å². The second-order valence-corrected chi connectivity index (χ2v) is 5.24. The molecule has 0 atom stereocenters. The van der Waals surface area contributed by atoms with Crippen LogP contribution < -0.4 is 10.1 Å². The molecule has 116 valence electrons. The van der Waals surface area contributed by atoms with E-state index in [1.54, 1.807) is 18.2 Å². The predicted molar refractivity (Wildman–Crippen MR) is 91.1 cm³/mol. The maximum atomic E-state index is 12.3. The molecule has 0 radical (unpaired) electrons. The molecule has 0 spiro atoms. The Morgan fingerprint density at radius 1 is 1.13 bits per heavy atom. The number of amides is 1. The van der Waals surface area contributed by atoms with Crippen LogP contribution in [0.5, 0.6) is 5.75 Å². The molecule has 1 N–H and O–H groups in total. The molecule has 23 heavy (non-hydrogen) atoms. The summed E-state index contributed by atoms with van der Waals surface area (Å²) in [6.07, 6.45) is 1.57. The largest absolute Gasteiger partial charge is 0.495 e. The maximum Gasteiger partial charge on any atom is 0.266 e. The van der Waals surface area contributed by atoms with Gasteiger partial charge in [-0.2, -0.15) is 5.26 Å². The van der Waals surface area contributed by atoms with Crippen molar-refractivity contribution in [1.82, 2.24) is 0 Å². The van der Waals surface area contributed by atoms with E-state index >= 15 is 0 Å². The van der Waals surface area contributed by atoms with E-state index in [2.05, 4.69) is 5.32 Å². The minimum atomic E-state index is -0.461. The highest BCUT2D eigenvalue weighted by Crippen LogP contribution is 2.25. The third-order valence-corrected chi connectivity index (χ3v) is 3.36. The quantitative estimate of drug-likeness (QED) is 0.689.